The molecular formula is C20H17F2NO. The third kappa shape index (κ3) is 4.32. The molecule has 0 aliphatic rings. The number of rotatable bonds is 6. The molecule has 0 heterocycles. The Labute approximate surface area is 139 Å². The Kier molecular flexibility index (Phi) is 5.06. The second-order valence-corrected chi connectivity index (χ2v) is 5.39. The number of hydrogen-bond acceptors (Lipinski definition) is 2. The molecule has 0 atom stereocenters. The highest BCUT2D eigenvalue weighted by Gasteiger charge is 2.04. The fourth-order valence-corrected chi connectivity index (χ4v) is 2.34. The molecule has 1 N–H and O–H groups in total. The van der Waals surface area contributed by atoms with Gasteiger partial charge in [-0.1, -0.05) is 30.3 Å². The third-order valence-electron chi connectivity index (χ3n) is 3.58. The van der Waals surface area contributed by atoms with Gasteiger partial charge in [0.1, 0.15) is 24.0 Å². The average Bonchev–Trinajstić information content (AvgIpc) is 2.60. The van der Waals surface area contributed by atoms with Gasteiger partial charge in [0.05, 0.1) is 0 Å². The lowest BCUT2D eigenvalue weighted by Crippen LogP contribution is -2.03. The maximum Gasteiger partial charge on any atom is 0.124 e. The molecule has 0 unspecified atom stereocenters. The summed E-state index contributed by atoms with van der Waals surface area (Å²) in [6.07, 6.45) is 0. The summed E-state index contributed by atoms with van der Waals surface area (Å²) >= 11 is 0. The van der Waals surface area contributed by atoms with Crippen LogP contribution in [0.1, 0.15) is 11.1 Å². The lowest BCUT2D eigenvalue weighted by Gasteiger charge is -2.13. The fourth-order valence-electron chi connectivity index (χ4n) is 2.34. The van der Waals surface area contributed by atoms with Crippen LogP contribution in [0.25, 0.3) is 0 Å². The van der Waals surface area contributed by atoms with Crippen molar-refractivity contribution in [2.75, 3.05) is 5.32 Å². The topological polar surface area (TPSA) is 21.3 Å². The molecule has 0 saturated heterocycles. The van der Waals surface area contributed by atoms with Crippen LogP contribution in [0.4, 0.5) is 14.5 Å². The van der Waals surface area contributed by atoms with Crippen molar-refractivity contribution in [2.45, 2.75) is 13.2 Å². The summed E-state index contributed by atoms with van der Waals surface area (Å²) < 4.78 is 32.0. The molecule has 3 rings (SSSR count). The quantitative estimate of drug-likeness (QED) is 0.676. The van der Waals surface area contributed by atoms with E-state index in [2.05, 4.69) is 5.32 Å². The minimum atomic E-state index is -0.276. The number of halogens is 2. The summed E-state index contributed by atoms with van der Waals surface area (Å²) in [6.45, 7) is 0.844. The standard InChI is InChI=1S/C20H17F2NO/c21-17-8-10-19(11-9-17)23-13-16-5-1-2-7-20(16)24-14-15-4-3-6-18(22)12-15/h1-12,23H,13-14H2. The number of anilines is 1. The van der Waals surface area contributed by atoms with Crippen LogP contribution in [0.5, 0.6) is 5.75 Å². The van der Waals surface area contributed by atoms with Crippen LogP contribution in [0.3, 0.4) is 0 Å². The number of para-hydroxylation sites is 1. The zero-order valence-electron chi connectivity index (χ0n) is 13.0. The molecule has 122 valence electrons. The Morgan fingerprint density at radius 1 is 0.792 bits per heavy atom. The highest BCUT2D eigenvalue weighted by Crippen LogP contribution is 2.21. The predicted octanol–water partition coefficient (Wildman–Crippen LogP) is 5.16. The summed E-state index contributed by atoms with van der Waals surface area (Å²) in [5, 5.41) is 3.23. The van der Waals surface area contributed by atoms with E-state index >= 15 is 0 Å². The Morgan fingerprint density at radius 2 is 1.58 bits per heavy atom. The van der Waals surface area contributed by atoms with E-state index in [-0.39, 0.29) is 11.6 Å². The highest BCUT2D eigenvalue weighted by atomic mass is 19.1. The van der Waals surface area contributed by atoms with Crippen LogP contribution in [-0.4, -0.2) is 0 Å². The van der Waals surface area contributed by atoms with Crippen molar-refractivity contribution in [1.29, 1.82) is 0 Å². The molecular weight excluding hydrogens is 308 g/mol. The molecule has 0 aliphatic heterocycles. The van der Waals surface area contributed by atoms with Crippen LogP contribution in [0, 0.1) is 11.6 Å². The van der Waals surface area contributed by atoms with Crippen LogP contribution in [0.2, 0.25) is 0 Å². The molecule has 2 nitrogen and oxygen atoms in total. The largest absolute Gasteiger partial charge is 0.489 e. The number of benzene rings is 3. The van der Waals surface area contributed by atoms with Crippen LogP contribution < -0.4 is 10.1 Å². The smallest absolute Gasteiger partial charge is 0.124 e. The minimum absolute atomic E-state index is 0.264. The first-order valence-corrected chi connectivity index (χ1v) is 7.65. The van der Waals surface area contributed by atoms with Gasteiger partial charge in [-0.3, -0.25) is 0 Å². The third-order valence-corrected chi connectivity index (χ3v) is 3.58. The highest BCUT2D eigenvalue weighted by molar-refractivity contribution is 5.45. The normalized spacial score (nSPS) is 10.4. The maximum atomic E-state index is 13.2. The molecule has 0 radical (unpaired) electrons. The van der Waals surface area contributed by atoms with Gasteiger partial charge in [-0.2, -0.15) is 0 Å². The monoisotopic (exact) mass is 325 g/mol. The Bertz CT molecular complexity index is 803. The molecule has 0 aromatic heterocycles. The molecule has 0 saturated carbocycles. The molecule has 0 aliphatic carbocycles. The van der Waals surface area contributed by atoms with E-state index in [4.69, 9.17) is 4.74 Å². The van der Waals surface area contributed by atoms with Gasteiger partial charge in [0.25, 0.3) is 0 Å². The van der Waals surface area contributed by atoms with E-state index in [1.54, 1.807) is 18.2 Å². The molecule has 3 aromatic carbocycles. The molecule has 0 bridgehead atoms. The predicted molar refractivity (Wildman–Crippen MR) is 90.9 cm³/mol. The summed E-state index contributed by atoms with van der Waals surface area (Å²) in [7, 11) is 0. The summed E-state index contributed by atoms with van der Waals surface area (Å²) in [5.74, 6) is 0.193. The van der Waals surface area contributed by atoms with E-state index in [1.807, 2.05) is 30.3 Å². The van der Waals surface area contributed by atoms with Gasteiger partial charge in [-0.05, 0) is 48.0 Å². The van der Waals surface area contributed by atoms with Gasteiger partial charge in [0, 0.05) is 17.8 Å². The average molecular weight is 325 g/mol. The van der Waals surface area contributed by atoms with Crippen LogP contribution in [0.15, 0.2) is 72.8 Å². The maximum absolute atomic E-state index is 13.2. The Balaban J connectivity index is 1.65. The summed E-state index contributed by atoms with van der Waals surface area (Å²) in [5.41, 5.74) is 2.57. The van der Waals surface area contributed by atoms with Gasteiger partial charge in [-0.25, -0.2) is 8.78 Å². The van der Waals surface area contributed by atoms with Gasteiger partial charge in [0.15, 0.2) is 0 Å². The molecule has 3 aromatic rings. The van der Waals surface area contributed by atoms with Gasteiger partial charge < -0.3 is 10.1 Å². The van der Waals surface area contributed by atoms with E-state index in [0.717, 1.165) is 22.6 Å². The van der Waals surface area contributed by atoms with Gasteiger partial charge >= 0.3 is 0 Å². The molecule has 0 spiro atoms. The fraction of sp³-hybridized carbons (Fsp3) is 0.100. The number of hydrogen-bond donors (Lipinski definition) is 1. The Hall–Kier alpha value is -2.88. The SMILES string of the molecule is Fc1ccc(NCc2ccccc2OCc2cccc(F)c2)cc1. The zero-order valence-corrected chi connectivity index (χ0v) is 13.0. The van der Waals surface area contributed by atoms with Crippen molar-refractivity contribution in [3.8, 4) is 5.75 Å². The molecule has 24 heavy (non-hydrogen) atoms. The van der Waals surface area contributed by atoms with Crippen molar-refractivity contribution in [2.24, 2.45) is 0 Å². The van der Waals surface area contributed by atoms with E-state index in [9.17, 15) is 8.78 Å². The lowest BCUT2D eigenvalue weighted by molar-refractivity contribution is 0.302. The van der Waals surface area contributed by atoms with Crippen molar-refractivity contribution >= 4 is 5.69 Å². The van der Waals surface area contributed by atoms with Crippen LogP contribution >= 0.6 is 0 Å². The van der Waals surface area contributed by atoms with Crippen LogP contribution in [-0.2, 0) is 13.2 Å². The summed E-state index contributed by atoms with van der Waals surface area (Å²) in [4.78, 5) is 0. The Morgan fingerprint density at radius 3 is 2.38 bits per heavy atom. The summed E-state index contributed by atoms with van der Waals surface area (Å²) in [6, 6.07) is 20.2. The van der Waals surface area contributed by atoms with Crippen molar-refractivity contribution in [3.63, 3.8) is 0 Å². The van der Waals surface area contributed by atoms with Crippen molar-refractivity contribution in [3.05, 3.63) is 95.6 Å². The second kappa shape index (κ2) is 7.59. The van der Waals surface area contributed by atoms with E-state index in [1.165, 1.54) is 24.3 Å². The van der Waals surface area contributed by atoms with Crippen molar-refractivity contribution in [1.82, 2.24) is 0 Å². The molecule has 0 fully saturated rings. The first-order chi connectivity index (χ1) is 11.7. The minimum Gasteiger partial charge on any atom is -0.489 e. The second-order valence-electron chi connectivity index (χ2n) is 5.39. The number of nitrogens with one attached hydrogen (secondary N) is 1. The first-order valence-electron chi connectivity index (χ1n) is 7.65. The molecule has 4 heteroatoms. The zero-order chi connectivity index (χ0) is 16.8. The first kappa shape index (κ1) is 16.0. The number of ether oxygens (including phenoxy) is 1. The van der Waals surface area contributed by atoms with Gasteiger partial charge in [0.2, 0.25) is 0 Å². The van der Waals surface area contributed by atoms with Crippen molar-refractivity contribution < 1.29 is 13.5 Å². The van der Waals surface area contributed by atoms with E-state index in [0.29, 0.717) is 13.2 Å². The lowest BCUT2D eigenvalue weighted by atomic mass is 10.2. The molecule has 0 amide bonds. The van der Waals surface area contributed by atoms with Gasteiger partial charge in [-0.15, -0.1) is 0 Å². The van der Waals surface area contributed by atoms with E-state index < -0.39 is 0 Å².